The van der Waals surface area contributed by atoms with Gasteiger partial charge in [0.2, 0.25) is 5.95 Å². The Hall–Kier alpha value is -1.33. The van der Waals surface area contributed by atoms with Crippen LogP contribution >= 0.6 is 11.3 Å². The molecule has 0 fully saturated rings. The topological polar surface area (TPSA) is 39.1 Å². The van der Waals surface area contributed by atoms with E-state index in [-0.39, 0.29) is 0 Å². The molecule has 5 heteroatoms. The molecule has 16 heavy (non-hydrogen) atoms. The molecule has 0 unspecified atom stereocenters. The lowest BCUT2D eigenvalue weighted by atomic mass is 10.4. The average molecular weight is 237 g/mol. The molecule has 0 amide bonds. The highest BCUT2D eigenvalue weighted by Crippen LogP contribution is 2.13. The number of hydrogen-bond acceptors (Lipinski definition) is 4. The summed E-state index contributed by atoms with van der Waals surface area (Å²) in [5.41, 5.74) is 0. The fraction of sp³-hybridized carbons (Fsp3) is 0.364. The van der Waals surface area contributed by atoms with Gasteiger partial charge >= 0.3 is 0 Å². The lowest BCUT2D eigenvalue weighted by Gasteiger charge is -2.08. The highest BCUT2D eigenvalue weighted by Gasteiger charge is 2.02. The van der Waals surface area contributed by atoms with Crippen LogP contribution in [0.4, 0.5) is 5.95 Å². The van der Waals surface area contributed by atoms with Crippen molar-refractivity contribution in [1.29, 1.82) is 0 Å². The normalized spacial score (nSPS) is 10.6. The Morgan fingerprint density at radius 1 is 1.56 bits per heavy atom. The van der Waals surface area contributed by atoms with E-state index in [1.807, 2.05) is 12.4 Å². The molecule has 2 aromatic heterocycles. The number of aromatic nitrogens is 2. The number of ether oxygens (including phenoxy) is 1. The zero-order chi connectivity index (χ0) is 11.2. The van der Waals surface area contributed by atoms with Gasteiger partial charge in [0.25, 0.3) is 0 Å². The molecule has 0 aliphatic carbocycles. The van der Waals surface area contributed by atoms with Gasteiger partial charge in [0.05, 0.1) is 13.2 Å². The number of imidazole rings is 1. The minimum absolute atomic E-state index is 0.686. The van der Waals surface area contributed by atoms with E-state index in [0.29, 0.717) is 6.61 Å². The van der Waals surface area contributed by atoms with Crippen molar-refractivity contribution in [1.82, 2.24) is 9.55 Å². The van der Waals surface area contributed by atoms with Crippen LogP contribution in [0.1, 0.15) is 4.88 Å². The predicted molar refractivity (Wildman–Crippen MR) is 66.0 cm³/mol. The van der Waals surface area contributed by atoms with E-state index >= 15 is 0 Å². The first kappa shape index (κ1) is 11.2. The largest absolute Gasteiger partial charge is 0.383 e. The van der Waals surface area contributed by atoms with Crippen LogP contribution in [0.3, 0.4) is 0 Å². The molecular formula is C11H15N3OS. The van der Waals surface area contributed by atoms with Crippen molar-refractivity contribution in [2.45, 2.75) is 6.54 Å². The molecule has 4 nitrogen and oxygen atoms in total. The van der Waals surface area contributed by atoms with E-state index in [2.05, 4.69) is 32.4 Å². The monoisotopic (exact) mass is 237 g/mol. The molecule has 0 aliphatic heterocycles. The molecule has 0 bridgehead atoms. The summed E-state index contributed by atoms with van der Waals surface area (Å²) in [4.78, 5) is 5.60. The van der Waals surface area contributed by atoms with Gasteiger partial charge in [-0.25, -0.2) is 4.98 Å². The summed E-state index contributed by atoms with van der Waals surface area (Å²) in [5, 5.41) is 5.33. The lowest BCUT2D eigenvalue weighted by Crippen LogP contribution is -2.12. The fourth-order valence-corrected chi connectivity index (χ4v) is 2.14. The number of methoxy groups -OCH3 is 1. The van der Waals surface area contributed by atoms with Gasteiger partial charge in [0.1, 0.15) is 0 Å². The first-order chi connectivity index (χ1) is 7.90. The van der Waals surface area contributed by atoms with Crippen LogP contribution < -0.4 is 5.32 Å². The van der Waals surface area contributed by atoms with E-state index in [1.54, 1.807) is 18.4 Å². The predicted octanol–water partition coefficient (Wildman–Crippen LogP) is 2.05. The third-order valence-corrected chi connectivity index (χ3v) is 3.07. The van der Waals surface area contributed by atoms with Crippen LogP contribution in [-0.2, 0) is 11.3 Å². The van der Waals surface area contributed by atoms with Crippen molar-refractivity contribution in [2.24, 2.45) is 0 Å². The second kappa shape index (κ2) is 5.67. The van der Waals surface area contributed by atoms with E-state index in [4.69, 9.17) is 4.74 Å². The van der Waals surface area contributed by atoms with E-state index in [9.17, 15) is 0 Å². The van der Waals surface area contributed by atoms with Crippen LogP contribution in [0.2, 0.25) is 0 Å². The number of nitrogens with zero attached hydrogens (tertiary/aromatic N) is 2. The molecule has 0 saturated heterocycles. The minimum atomic E-state index is 0.686. The highest BCUT2D eigenvalue weighted by atomic mass is 32.1. The van der Waals surface area contributed by atoms with Crippen molar-refractivity contribution in [3.63, 3.8) is 0 Å². The molecule has 2 heterocycles. The summed E-state index contributed by atoms with van der Waals surface area (Å²) < 4.78 is 7.09. The Bertz CT molecular complexity index is 411. The van der Waals surface area contributed by atoms with Crippen molar-refractivity contribution < 1.29 is 4.74 Å². The zero-order valence-corrected chi connectivity index (χ0v) is 10.0. The van der Waals surface area contributed by atoms with E-state index in [0.717, 1.165) is 19.0 Å². The van der Waals surface area contributed by atoms with Crippen molar-refractivity contribution in [3.05, 3.63) is 34.8 Å². The van der Waals surface area contributed by atoms with Crippen LogP contribution in [0.15, 0.2) is 29.9 Å². The van der Waals surface area contributed by atoms with Gasteiger partial charge in [-0.2, -0.15) is 0 Å². The Labute approximate surface area is 98.9 Å². The fourth-order valence-electron chi connectivity index (χ4n) is 1.44. The first-order valence-corrected chi connectivity index (χ1v) is 6.04. The number of rotatable bonds is 6. The van der Waals surface area contributed by atoms with Gasteiger partial charge in [-0.1, -0.05) is 6.07 Å². The van der Waals surface area contributed by atoms with Crippen LogP contribution in [0.5, 0.6) is 0 Å². The Morgan fingerprint density at radius 2 is 2.50 bits per heavy atom. The summed E-state index contributed by atoms with van der Waals surface area (Å²) in [5.74, 6) is 0.894. The quantitative estimate of drug-likeness (QED) is 0.782. The molecule has 0 spiro atoms. The van der Waals surface area contributed by atoms with E-state index < -0.39 is 0 Å². The molecule has 0 aliphatic rings. The number of thiophene rings is 1. The second-order valence-corrected chi connectivity index (χ2v) is 4.41. The van der Waals surface area contributed by atoms with Gasteiger partial charge in [-0.15, -0.1) is 11.3 Å². The molecule has 0 saturated carbocycles. The summed E-state index contributed by atoms with van der Waals surface area (Å²) in [6.07, 6.45) is 3.79. The summed E-state index contributed by atoms with van der Waals surface area (Å²) in [7, 11) is 1.69. The van der Waals surface area contributed by atoms with Crippen LogP contribution in [0.25, 0.3) is 0 Å². The zero-order valence-electron chi connectivity index (χ0n) is 9.22. The molecule has 86 valence electrons. The lowest BCUT2D eigenvalue weighted by molar-refractivity contribution is 0.210. The van der Waals surface area contributed by atoms with E-state index in [1.165, 1.54) is 4.88 Å². The standard InChI is InChI=1S/C11H15N3OS/c1-15-7-5-13-11-12-4-6-14(11)9-10-3-2-8-16-10/h2-4,6,8H,5,7,9H2,1H3,(H,12,13). The Morgan fingerprint density at radius 3 is 3.25 bits per heavy atom. The third-order valence-electron chi connectivity index (χ3n) is 2.21. The smallest absolute Gasteiger partial charge is 0.203 e. The van der Waals surface area contributed by atoms with Crippen molar-refractivity contribution in [2.75, 3.05) is 25.6 Å². The molecule has 0 atom stereocenters. The third kappa shape index (κ3) is 2.84. The summed E-state index contributed by atoms with van der Waals surface area (Å²) >= 11 is 1.76. The maximum absolute atomic E-state index is 4.99. The maximum Gasteiger partial charge on any atom is 0.203 e. The Kier molecular flexibility index (Phi) is 3.96. The molecule has 2 rings (SSSR count). The van der Waals surface area contributed by atoms with Gasteiger partial charge < -0.3 is 14.6 Å². The summed E-state index contributed by atoms with van der Waals surface area (Å²) in [6, 6.07) is 4.19. The van der Waals surface area contributed by atoms with Crippen molar-refractivity contribution >= 4 is 17.3 Å². The molecule has 1 N–H and O–H groups in total. The molecule has 0 aromatic carbocycles. The van der Waals surface area contributed by atoms with Gasteiger partial charge in [-0.05, 0) is 11.4 Å². The first-order valence-electron chi connectivity index (χ1n) is 5.16. The SMILES string of the molecule is COCCNc1nccn1Cc1cccs1. The summed E-state index contributed by atoms with van der Waals surface area (Å²) in [6.45, 7) is 2.33. The van der Waals surface area contributed by atoms with Crippen LogP contribution in [0, 0.1) is 0 Å². The molecule has 0 radical (unpaired) electrons. The molecule has 2 aromatic rings. The van der Waals surface area contributed by atoms with Gasteiger partial charge in [0.15, 0.2) is 0 Å². The van der Waals surface area contributed by atoms with Crippen LogP contribution in [-0.4, -0.2) is 29.8 Å². The van der Waals surface area contributed by atoms with Gasteiger partial charge in [0, 0.05) is 30.9 Å². The second-order valence-electron chi connectivity index (χ2n) is 3.38. The van der Waals surface area contributed by atoms with Gasteiger partial charge in [-0.3, -0.25) is 0 Å². The minimum Gasteiger partial charge on any atom is -0.383 e. The average Bonchev–Trinajstić information content (AvgIpc) is 2.92. The number of hydrogen-bond donors (Lipinski definition) is 1. The Balaban J connectivity index is 1.96. The number of anilines is 1. The molecular weight excluding hydrogens is 222 g/mol. The maximum atomic E-state index is 4.99. The van der Waals surface area contributed by atoms with Crippen molar-refractivity contribution in [3.8, 4) is 0 Å². The highest BCUT2D eigenvalue weighted by molar-refractivity contribution is 7.09. The number of nitrogens with one attached hydrogen (secondary N) is 1.